The zero-order chi connectivity index (χ0) is 19.4. The highest BCUT2D eigenvalue weighted by Gasteiger charge is 2.17. The topological polar surface area (TPSA) is 66.5 Å². The molecule has 2 aromatic carbocycles. The van der Waals surface area contributed by atoms with Gasteiger partial charge in [-0.2, -0.15) is 0 Å². The average Bonchev–Trinajstić information content (AvgIpc) is 3.09. The monoisotopic (exact) mass is 404 g/mol. The lowest BCUT2D eigenvalue weighted by molar-refractivity contribution is -0.113. The van der Waals surface area contributed by atoms with Crippen molar-refractivity contribution in [2.45, 2.75) is 29.9 Å². The molecule has 144 valence electrons. The van der Waals surface area contributed by atoms with Crippen molar-refractivity contribution >= 4 is 33.4 Å². The summed E-state index contributed by atoms with van der Waals surface area (Å²) in [6.07, 6.45) is 3.40. The predicted molar refractivity (Wildman–Crippen MR) is 111 cm³/mol. The summed E-state index contributed by atoms with van der Waals surface area (Å²) in [5.41, 5.74) is 4.45. The molecule has 5 nitrogen and oxygen atoms in total. The zero-order valence-corrected chi connectivity index (χ0v) is 17.2. The van der Waals surface area contributed by atoms with E-state index in [2.05, 4.69) is 17.4 Å². The molecule has 0 unspecified atom stereocenters. The Morgan fingerprint density at radius 3 is 2.67 bits per heavy atom. The van der Waals surface area contributed by atoms with Crippen LogP contribution in [0.25, 0.3) is 0 Å². The maximum atomic E-state index is 12.2. The molecule has 0 fully saturated rings. The number of carbonyl (C=O) groups is 1. The van der Waals surface area contributed by atoms with Crippen molar-refractivity contribution in [1.29, 1.82) is 0 Å². The maximum absolute atomic E-state index is 12.2. The lowest BCUT2D eigenvalue weighted by atomic mass is 10.1. The van der Waals surface area contributed by atoms with Crippen LogP contribution in [-0.2, 0) is 33.4 Å². The van der Waals surface area contributed by atoms with Gasteiger partial charge in [-0.25, -0.2) is 12.7 Å². The molecule has 0 atom stereocenters. The Labute approximate surface area is 165 Å². The molecule has 3 rings (SSSR count). The predicted octanol–water partition coefficient (Wildman–Crippen LogP) is 3.30. The summed E-state index contributed by atoms with van der Waals surface area (Å²) in [7, 11) is -0.414. The van der Waals surface area contributed by atoms with E-state index in [0.717, 1.165) is 24.1 Å². The number of rotatable bonds is 7. The number of hydrogen-bond acceptors (Lipinski definition) is 4. The van der Waals surface area contributed by atoms with Crippen molar-refractivity contribution in [2.24, 2.45) is 0 Å². The second-order valence-electron chi connectivity index (χ2n) is 6.81. The van der Waals surface area contributed by atoms with Crippen molar-refractivity contribution in [1.82, 2.24) is 4.31 Å². The number of amides is 1. The number of hydrogen-bond donors (Lipinski definition) is 1. The van der Waals surface area contributed by atoms with E-state index < -0.39 is 10.0 Å². The van der Waals surface area contributed by atoms with Crippen LogP contribution in [0.2, 0.25) is 0 Å². The van der Waals surface area contributed by atoms with Crippen LogP contribution in [0.15, 0.2) is 47.4 Å². The number of nitrogens with zero attached hydrogens (tertiary/aromatic N) is 1. The number of benzene rings is 2. The Morgan fingerprint density at radius 2 is 1.89 bits per heavy atom. The van der Waals surface area contributed by atoms with Gasteiger partial charge in [-0.1, -0.05) is 18.2 Å². The summed E-state index contributed by atoms with van der Waals surface area (Å²) < 4.78 is 25.6. The van der Waals surface area contributed by atoms with Crippen molar-refractivity contribution < 1.29 is 13.2 Å². The van der Waals surface area contributed by atoms with Gasteiger partial charge in [0.25, 0.3) is 0 Å². The largest absolute Gasteiger partial charge is 0.325 e. The first-order valence-corrected chi connectivity index (χ1v) is 11.5. The normalized spacial score (nSPS) is 13.6. The number of anilines is 1. The number of nitrogens with one attached hydrogen (secondary N) is 1. The lowest BCUT2D eigenvalue weighted by Gasteiger charge is -2.12. The van der Waals surface area contributed by atoms with Gasteiger partial charge in [-0.05, 0) is 60.2 Å². The molecular formula is C20H24N2O3S2. The number of fused-ring (bicyclic) bond motifs is 1. The number of sulfonamides is 1. The lowest BCUT2D eigenvalue weighted by Crippen LogP contribution is -2.22. The Hall–Kier alpha value is -1.83. The molecule has 0 heterocycles. The molecule has 0 spiro atoms. The summed E-state index contributed by atoms with van der Waals surface area (Å²) in [5, 5.41) is 2.95. The summed E-state index contributed by atoms with van der Waals surface area (Å²) in [5.74, 6) is 0.853. The molecule has 1 N–H and O–H groups in total. The molecule has 7 heteroatoms. The second-order valence-corrected chi connectivity index (χ2v) is 9.95. The minimum absolute atomic E-state index is 0.0463. The van der Waals surface area contributed by atoms with Gasteiger partial charge in [-0.3, -0.25) is 4.79 Å². The zero-order valence-electron chi connectivity index (χ0n) is 15.6. The van der Waals surface area contributed by atoms with E-state index in [1.54, 1.807) is 18.2 Å². The highest BCUT2D eigenvalue weighted by atomic mass is 32.2. The van der Waals surface area contributed by atoms with Crippen LogP contribution in [0.5, 0.6) is 0 Å². The quantitative estimate of drug-likeness (QED) is 0.769. The van der Waals surface area contributed by atoms with Gasteiger partial charge in [0, 0.05) is 25.5 Å². The molecular weight excluding hydrogens is 380 g/mol. The van der Waals surface area contributed by atoms with Crippen LogP contribution in [0, 0.1) is 0 Å². The molecule has 0 saturated heterocycles. The first-order valence-electron chi connectivity index (χ1n) is 8.87. The third-order valence-electron chi connectivity index (χ3n) is 4.56. The van der Waals surface area contributed by atoms with E-state index in [9.17, 15) is 13.2 Å². The van der Waals surface area contributed by atoms with Crippen molar-refractivity contribution in [3.8, 4) is 0 Å². The maximum Gasteiger partial charge on any atom is 0.242 e. The van der Waals surface area contributed by atoms with Gasteiger partial charge >= 0.3 is 0 Å². The highest BCUT2D eigenvalue weighted by Crippen LogP contribution is 2.25. The van der Waals surface area contributed by atoms with E-state index in [-0.39, 0.29) is 10.8 Å². The molecule has 2 aromatic rings. The molecule has 1 aliphatic carbocycles. The van der Waals surface area contributed by atoms with E-state index in [4.69, 9.17) is 0 Å². The molecule has 0 radical (unpaired) electrons. The first kappa shape index (κ1) is 19.9. The van der Waals surface area contributed by atoms with E-state index >= 15 is 0 Å². The SMILES string of the molecule is CN(C)S(=O)(=O)c1cccc(CSCC(=O)Nc2ccc3c(c2)CCC3)c1. The fourth-order valence-corrected chi connectivity index (χ4v) is 4.86. The van der Waals surface area contributed by atoms with E-state index in [0.29, 0.717) is 11.5 Å². The molecule has 0 aromatic heterocycles. The minimum atomic E-state index is -3.44. The fraction of sp³-hybridized carbons (Fsp3) is 0.350. The van der Waals surface area contributed by atoms with Crippen LogP contribution in [0.4, 0.5) is 5.69 Å². The third kappa shape index (κ3) is 4.91. The molecule has 1 aliphatic rings. The van der Waals surface area contributed by atoms with Gasteiger partial charge < -0.3 is 5.32 Å². The van der Waals surface area contributed by atoms with Gasteiger partial charge in [0.15, 0.2) is 0 Å². The standard InChI is InChI=1S/C20H24N2O3S2/c1-22(2)27(24,25)19-8-3-5-15(11-19)13-26-14-20(23)21-18-10-9-16-6-4-7-17(16)12-18/h3,5,8-12H,4,6-7,13-14H2,1-2H3,(H,21,23). The molecule has 27 heavy (non-hydrogen) atoms. The summed E-state index contributed by atoms with van der Waals surface area (Å²) in [6.45, 7) is 0. The van der Waals surface area contributed by atoms with Crippen LogP contribution in [0.3, 0.4) is 0 Å². The molecule has 0 aliphatic heterocycles. The number of aryl methyl sites for hydroxylation is 2. The Kier molecular flexibility index (Phi) is 6.24. The summed E-state index contributed by atoms with van der Waals surface area (Å²) >= 11 is 1.47. The van der Waals surface area contributed by atoms with Crippen LogP contribution in [-0.4, -0.2) is 38.5 Å². The Balaban J connectivity index is 1.53. The second kappa shape index (κ2) is 8.46. The third-order valence-corrected chi connectivity index (χ3v) is 7.38. The van der Waals surface area contributed by atoms with Gasteiger partial charge in [0.2, 0.25) is 15.9 Å². The smallest absolute Gasteiger partial charge is 0.242 e. The Bertz CT molecular complexity index is 940. The van der Waals surface area contributed by atoms with Crippen molar-refractivity contribution in [3.05, 3.63) is 59.2 Å². The first-order chi connectivity index (χ1) is 12.9. The summed E-state index contributed by atoms with van der Waals surface area (Å²) in [6, 6.07) is 13.0. The van der Waals surface area contributed by atoms with Gasteiger partial charge in [0.05, 0.1) is 10.6 Å². The summed E-state index contributed by atoms with van der Waals surface area (Å²) in [4.78, 5) is 12.5. The van der Waals surface area contributed by atoms with Crippen LogP contribution in [0.1, 0.15) is 23.1 Å². The van der Waals surface area contributed by atoms with Gasteiger partial charge in [-0.15, -0.1) is 11.8 Å². The van der Waals surface area contributed by atoms with Crippen molar-refractivity contribution in [2.75, 3.05) is 25.2 Å². The molecule has 0 bridgehead atoms. The number of thioether (sulfide) groups is 1. The van der Waals surface area contributed by atoms with Crippen LogP contribution >= 0.6 is 11.8 Å². The van der Waals surface area contributed by atoms with E-state index in [1.807, 2.05) is 12.1 Å². The highest BCUT2D eigenvalue weighted by molar-refractivity contribution is 7.99. The fourth-order valence-electron chi connectivity index (χ4n) is 3.11. The molecule has 1 amide bonds. The average molecular weight is 405 g/mol. The number of carbonyl (C=O) groups excluding carboxylic acids is 1. The molecule has 0 saturated carbocycles. The minimum Gasteiger partial charge on any atom is -0.325 e. The van der Waals surface area contributed by atoms with E-state index in [1.165, 1.54) is 47.7 Å². The Morgan fingerprint density at radius 1 is 1.11 bits per heavy atom. The van der Waals surface area contributed by atoms with Crippen molar-refractivity contribution in [3.63, 3.8) is 0 Å². The van der Waals surface area contributed by atoms with Crippen LogP contribution < -0.4 is 5.32 Å². The van der Waals surface area contributed by atoms with Gasteiger partial charge in [0.1, 0.15) is 0 Å².